The Labute approximate surface area is 254 Å². The molecule has 0 spiro atoms. The minimum atomic E-state index is -0.274. The number of aromatic nitrogens is 4. The Balaban J connectivity index is 0.000000146. The van der Waals surface area contributed by atoms with E-state index in [4.69, 9.17) is 14.6 Å². The molecule has 0 saturated heterocycles. The molecule has 0 aliphatic carbocycles. The van der Waals surface area contributed by atoms with Gasteiger partial charge in [0, 0.05) is 52.3 Å². The molecule has 224 valence electrons. The number of amides is 1. The first-order chi connectivity index (χ1) is 21.8. The Morgan fingerprint density at radius 1 is 0.756 bits per heavy atom. The minimum absolute atomic E-state index is 0.135. The lowest BCUT2D eigenvalue weighted by Gasteiger charge is -1.99. The molecule has 4 aromatic carbocycles. The molecule has 0 fully saturated rings. The van der Waals surface area contributed by atoms with Crippen LogP contribution in [0.1, 0.15) is 18.7 Å². The summed E-state index contributed by atoms with van der Waals surface area (Å²) < 4.78 is 37.8. The predicted molar refractivity (Wildman–Crippen MR) is 168 cm³/mol. The molecule has 11 heteroatoms. The summed E-state index contributed by atoms with van der Waals surface area (Å²) >= 11 is 0. The van der Waals surface area contributed by atoms with Crippen molar-refractivity contribution in [3.8, 4) is 22.3 Å². The van der Waals surface area contributed by atoms with Crippen molar-refractivity contribution in [2.75, 3.05) is 0 Å². The van der Waals surface area contributed by atoms with E-state index >= 15 is 0 Å². The number of halogens is 2. The lowest BCUT2D eigenvalue weighted by atomic mass is 10.0. The van der Waals surface area contributed by atoms with E-state index in [0.717, 1.165) is 55.1 Å². The molecule has 4 aromatic heterocycles. The molecule has 0 bridgehead atoms. The first-order valence-electron chi connectivity index (χ1n) is 14.1. The Bertz CT molecular complexity index is 2350. The maximum Gasteiger partial charge on any atom is 0.217 e. The van der Waals surface area contributed by atoms with E-state index in [1.165, 1.54) is 31.2 Å². The highest BCUT2D eigenvalue weighted by Crippen LogP contribution is 2.32. The van der Waals surface area contributed by atoms with Gasteiger partial charge in [-0.2, -0.15) is 0 Å². The molecule has 8 aromatic rings. The number of carbonyl (C=O) groups is 1. The van der Waals surface area contributed by atoms with Crippen LogP contribution in [0.4, 0.5) is 8.78 Å². The molecule has 9 nitrogen and oxygen atoms in total. The van der Waals surface area contributed by atoms with Gasteiger partial charge >= 0.3 is 0 Å². The first kappa shape index (κ1) is 28.0. The Morgan fingerprint density at radius 2 is 1.27 bits per heavy atom. The van der Waals surface area contributed by atoms with Crippen LogP contribution in [-0.4, -0.2) is 25.8 Å². The van der Waals surface area contributed by atoms with E-state index in [-0.39, 0.29) is 30.6 Å². The lowest BCUT2D eigenvalue weighted by molar-refractivity contribution is -0.119. The van der Waals surface area contributed by atoms with Crippen molar-refractivity contribution in [3.05, 3.63) is 109 Å². The third kappa shape index (κ3) is 5.52. The van der Waals surface area contributed by atoms with E-state index in [0.29, 0.717) is 22.9 Å². The number of hydrogen-bond donors (Lipinski definition) is 4. The van der Waals surface area contributed by atoms with Crippen LogP contribution in [0.25, 0.3) is 66.3 Å². The highest BCUT2D eigenvalue weighted by atomic mass is 19.1. The molecule has 0 unspecified atom stereocenters. The highest BCUT2D eigenvalue weighted by Gasteiger charge is 2.12. The molecular weight excluding hydrogens is 578 g/mol. The second kappa shape index (κ2) is 11.4. The summed E-state index contributed by atoms with van der Waals surface area (Å²) in [6, 6.07) is 20.9. The van der Waals surface area contributed by atoms with Gasteiger partial charge in [-0.1, -0.05) is 12.1 Å². The molecule has 4 heterocycles. The molecule has 0 saturated carbocycles. The number of H-pyrrole nitrogens is 2. The zero-order valence-corrected chi connectivity index (χ0v) is 23.9. The van der Waals surface area contributed by atoms with Crippen LogP contribution >= 0.6 is 0 Å². The fourth-order valence-corrected chi connectivity index (χ4v) is 5.32. The standard InChI is InChI=1S/C18H14FN3O2.C16H12FN3O/c1-10(23)20-9-18-22-15-5-2-11(6-17(15)24-18)14-8-21-16-7-12(19)3-4-13(14)16;17-10-2-3-11-12(8-19-14(11)6-10)9-1-4-13-15(5-9)21-16(7-18)20-13/h2-8,21H,9H2,1H3,(H,20,23);1-6,8,19H,7,18H2. The van der Waals surface area contributed by atoms with Crippen molar-refractivity contribution >= 4 is 49.9 Å². The molecule has 5 N–H and O–H groups in total. The average molecular weight is 605 g/mol. The number of nitrogens with two attached hydrogens (primary N) is 1. The summed E-state index contributed by atoms with van der Waals surface area (Å²) in [6.45, 7) is 1.97. The zero-order valence-electron chi connectivity index (χ0n) is 23.9. The third-order valence-electron chi connectivity index (χ3n) is 7.44. The second-order valence-corrected chi connectivity index (χ2v) is 10.5. The van der Waals surface area contributed by atoms with Crippen LogP contribution in [0.15, 0.2) is 94.0 Å². The molecule has 0 aliphatic heterocycles. The summed E-state index contributed by atoms with van der Waals surface area (Å²) in [5.41, 5.74) is 13.8. The molecule has 45 heavy (non-hydrogen) atoms. The average Bonchev–Trinajstić information content (AvgIpc) is 3.83. The Hall–Kier alpha value is -5.81. The Morgan fingerprint density at radius 3 is 1.78 bits per heavy atom. The maximum atomic E-state index is 13.3. The van der Waals surface area contributed by atoms with E-state index < -0.39 is 0 Å². The second-order valence-electron chi connectivity index (χ2n) is 10.5. The Kier molecular flexibility index (Phi) is 7.07. The zero-order chi connectivity index (χ0) is 31.1. The summed E-state index contributed by atoms with van der Waals surface area (Å²) in [4.78, 5) is 25.8. The third-order valence-corrected chi connectivity index (χ3v) is 7.44. The number of carbonyl (C=O) groups excluding carboxylic acids is 1. The highest BCUT2D eigenvalue weighted by molar-refractivity contribution is 5.98. The van der Waals surface area contributed by atoms with Crippen molar-refractivity contribution in [1.29, 1.82) is 0 Å². The van der Waals surface area contributed by atoms with Crippen molar-refractivity contribution in [3.63, 3.8) is 0 Å². The SMILES string of the molecule is CC(=O)NCc1nc2ccc(-c3c[nH]c4cc(F)ccc34)cc2o1.NCc1nc2ccc(-c3c[nH]c4cc(F)ccc34)cc2o1. The van der Waals surface area contributed by atoms with E-state index in [1.807, 2.05) is 48.8 Å². The normalized spacial score (nSPS) is 11.4. The number of hydrogen-bond acceptors (Lipinski definition) is 6. The van der Waals surface area contributed by atoms with Crippen molar-refractivity contribution < 1.29 is 22.4 Å². The molecule has 1 amide bonds. The van der Waals surface area contributed by atoms with Crippen molar-refractivity contribution in [2.45, 2.75) is 20.0 Å². The molecule has 8 rings (SSSR count). The van der Waals surface area contributed by atoms with Gasteiger partial charge in [-0.25, -0.2) is 18.7 Å². The summed E-state index contributed by atoms with van der Waals surface area (Å²) in [7, 11) is 0. The summed E-state index contributed by atoms with van der Waals surface area (Å²) in [5, 5.41) is 4.56. The number of fused-ring (bicyclic) bond motifs is 4. The molecule has 0 atom stereocenters. The maximum absolute atomic E-state index is 13.3. The first-order valence-corrected chi connectivity index (χ1v) is 14.1. The van der Waals surface area contributed by atoms with Crippen LogP contribution in [-0.2, 0) is 17.9 Å². The number of aromatic amines is 2. The lowest BCUT2D eigenvalue weighted by Crippen LogP contribution is -2.18. The number of rotatable bonds is 5. The number of benzene rings is 4. The van der Waals surface area contributed by atoms with Gasteiger partial charge in [0.1, 0.15) is 22.7 Å². The van der Waals surface area contributed by atoms with Crippen molar-refractivity contribution in [1.82, 2.24) is 25.3 Å². The minimum Gasteiger partial charge on any atom is -0.439 e. The topological polar surface area (TPSA) is 139 Å². The van der Waals surface area contributed by atoms with Crippen LogP contribution in [0, 0.1) is 11.6 Å². The van der Waals surface area contributed by atoms with Gasteiger partial charge in [-0.05, 0) is 71.8 Å². The number of oxazole rings is 2. The largest absolute Gasteiger partial charge is 0.439 e. The molecule has 0 radical (unpaired) electrons. The fraction of sp³-hybridized carbons (Fsp3) is 0.0882. The van der Waals surface area contributed by atoms with E-state index in [9.17, 15) is 13.6 Å². The van der Waals surface area contributed by atoms with Gasteiger partial charge < -0.3 is 29.9 Å². The summed E-state index contributed by atoms with van der Waals surface area (Å²) in [5.74, 6) is 0.309. The number of nitrogens with one attached hydrogen (secondary N) is 3. The predicted octanol–water partition coefficient (Wildman–Crippen LogP) is 7.33. The quantitative estimate of drug-likeness (QED) is 0.162. The smallest absolute Gasteiger partial charge is 0.217 e. The molecular formula is C34H26F2N6O3. The number of nitrogens with zero attached hydrogens (tertiary/aromatic N) is 2. The van der Waals surface area contributed by atoms with Gasteiger partial charge in [0.25, 0.3) is 0 Å². The van der Waals surface area contributed by atoms with Crippen LogP contribution in [0.2, 0.25) is 0 Å². The monoisotopic (exact) mass is 604 g/mol. The van der Waals surface area contributed by atoms with Crippen LogP contribution in [0.5, 0.6) is 0 Å². The fourth-order valence-electron chi connectivity index (χ4n) is 5.32. The van der Waals surface area contributed by atoms with E-state index in [1.54, 1.807) is 12.1 Å². The van der Waals surface area contributed by atoms with Gasteiger partial charge in [0.2, 0.25) is 17.7 Å². The molecule has 0 aliphatic rings. The van der Waals surface area contributed by atoms with Gasteiger partial charge in [0.05, 0.1) is 13.1 Å². The van der Waals surface area contributed by atoms with Crippen molar-refractivity contribution in [2.24, 2.45) is 5.73 Å². The van der Waals surface area contributed by atoms with Crippen LogP contribution < -0.4 is 11.1 Å². The summed E-state index contributed by atoms with van der Waals surface area (Å²) in [6.07, 6.45) is 3.71. The van der Waals surface area contributed by atoms with Gasteiger partial charge in [-0.3, -0.25) is 4.79 Å². The van der Waals surface area contributed by atoms with E-state index in [2.05, 4.69) is 25.3 Å². The van der Waals surface area contributed by atoms with Crippen LogP contribution in [0.3, 0.4) is 0 Å². The van der Waals surface area contributed by atoms with Gasteiger partial charge in [0.15, 0.2) is 11.2 Å². The van der Waals surface area contributed by atoms with Gasteiger partial charge in [-0.15, -0.1) is 0 Å².